The zero-order valence-electron chi connectivity index (χ0n) is 20.1. The van der Waals surface area contributed by atoms with Gasteiger partial charge in [0, 0.05) is 39.3 Å². The van der Waals surface area contributed by atoms with E-state index in [-0.39, 0.29) is 11.8 Å². The summed E-state index contributed by atoms with van der Waals surface area (Å²) in [5, 5.41) is 2.88. The van der Waals surface area contributed by atoms with E-state index in [1.807, 2.05) is 32.0 Å². The molecule has 0 radical (unpaired) electrons. The van der Waals surface area contributed by atoms with Crippen LogP contribution in [0.15, 0.2) is 29.1 Å². The molecule has 2 amide bonds. The number of para-hydroxylation sites is 2. The van der Waals surface area contributed by atoms with Crippen LogP contribution < -0.4 is 11.0 Å². The number of imidazole rings is 1. The molecule has 10 heteroatoms. The van der Waals surface area contributed by atoms with Gasteiger partial charge in [-0.1, -0.05) is 32.4 Å². The third kappa shape index (κ3) is 5.18. The van der Waals surface area contributed by atoms with Crippen molar-refractivity contribution in [3.63, 3.8) is 0 Å². The summed E-state index contributed by atoms with van der Waals surface area (Å²) in [7, 11) is 0. The summed E-state index contributed by atoms with van der Waals surface area (Å²) in [5.41, 5.74) is 0.845. The predicted molar refractivity (Wildman–Crippen MR) is 128 cm³/mol. The fourth-order valence-corrected chi connectivity index (χ4v) is 4.55. The molecule has 1 aromatic heterocycles. The van der Waals surface area contributed by atoms with Crippen LogP contribution in [0.4, 0.5) is 4.79 Å². The quantitative estimate of drug-likeness (QED) is 0.644. The number of rotatable bonds is 7. The van der Waals surface area contributed by atoms with Gasteiger partial charge in [-0.2, -0.15) is 0 Å². The highest BCUT2D eigenvalue weighted by atomic mass is 16.5. The Labute approximate surface area is 199 Å². The Balaban J connectivity index is 1.58. The first-order valence-corrected chi connectivity index (χ1v) is 12.2. The molecule has 3 heterocycles. The summed E-state index contributed by atoms with van der Waals surface area (Å²) < 4.78 is 13.6. The smallest absolute Gasteiger partial charge is 0.337 e. The summed E-state index contributed by atoms with van der Waals surface area (Å²) in [6, 6.07) is 6.01. The van der Waals surface area contributed by atoms with Crippen molar-refractivity contribution in [1.29, 1.82) is 0 Å². The Morgan fingerprint density at radius 3 is 2.24 bits per heavy atom. The monoisotopic (exact) mass is 473 g/mol. The van der Waals surface area contributed by atoms with Crippen LogP contribution in [0.5, 0.6) is 0 Å². The Bertz CT molecular complexity index is 1050. The van der Waals surface area contributed by atoms with Gasteiger partial charge in [-0.25, -0.2) is 14.2 Å². The van der Waals surface area contributed by atoms with Crippen LogP contribution in [0.1, 0.15) is 20.3 Å². The zero-order valence-corrected chi connectivity index (χ0v) is 20.1. The SMILES string of the molecule is CC[C@H](C)[C@H](NC(=O)n1c(=O)n(CCN2CCOCC2)c2ccccc21)C(=O)N1CCOCC1. The largest absolute Gasteiger partial charge is 0.379 e. The molecule has 2 aliphatic heterocycles. The lowest BCUT2D eigenvalue weighted by molar-refractivity contribution is -0.138. The number of benzene rings is 1. The molecule has 2 fully saturated rings. The molecule has 0 saturated carbocycles. The van der Waals surface area contributed by atoms with E-state index in [0.29, 0.717) is 63.6 Å². The fourth-order valence-electron chi connectivity index (χ4n) is 4.55. The van der Waals surface area contributed by atoms with E-state index in [9.17, 15) is 14.4 Å². The molecule has 2 aliphatic rings. The molecule has 2 aromatic rings. The van der Waals surface area contributed by atoms with Crippen molar-refractivity contribution in [2.24, 2.45) is 5.92 Å². The number of nitrogens with zero attached hydrogens (tertiary/aromatic N) is 4. The van der Waals surface area contributed by atoms with Gasteiger partial charge >= 0.3 is 11.7 Å². The lowest BCUT2D eigenvalue weighted by atomic mass is 9.97. The van der Waals surface area contributed by atoms with Crippen molar-refractivity contribution in [2.75, 3.05) is 59.2 Å². The first kappa shape index (κ1) is 24.4. The van der Waals surface area contributed by atoms with Crippen LogP contribution in [0.2, 0.25) is 0 Å². The first-order chi connectivity index (χ1) is 16.5. The maximum Gasteiger partial charge on any atom is 0.337 e. The molecule has 34 heavy (non-hydrogen) atoms. The van der Waals surface area contributed by atoms with Gasteiger partial charge < -0.3 is 19.7 Å². The molecule has 0 unspecified atom stereocenters. The molecular weight excluding hydrogens is 438 g/mol. The van der Waals surface area contributed by atoms with Crippen LogP contribution in [0, 0.1) is 5.92 Å². The third-order valence-electron chi connectivity index (χ3n) is 6.86. The van der Waals surface area contributed by atoms with Gasteiger partial charge in [0.15, 0.2) is 0 Å². The van der Waals surface area contributed by atoms with Crippen LogP contribution in [-0.4, -0.2) is 96.1 Å². The van der Waals surface area contributed by atoms with Gasteiger partial charge in [0.1, 0.15) is 6.04 Å². The molecular formula is C24H35N5O5. The molecule has 2 atom stereocenters. The summed E-state index contributed by atoms with van der Waals surface area (Å²) in [4.78, 5) is 44.1. The minimum absolute atomic E-state index is 0.0790. The standard InChI is InChI=1S/C24H35N5O5/c1-3-18(2)21(22(30)27-12-16-34-17-13-27)25-23(31)29-20-7-5-4-6-19(20)28(24(29)32)9-8-26-10-14-33-15-11-26/h4-7,18,21H,3,8-17H2,1-2H3,(H,25,31)/t18-,21-/m0/s1. The Morgan fingerprint density at radius 2 is 1.59 bits per heavy atom. The van der Waals surface area contributed by atoms with Gasteiger partial charge in [-0.15, -0.1) is 0 Å². The van der Waals surface area contributed by atoms with E-state index in [0.717, 1.165) is 24.1 Å². The molecule has 1 N–H and O–H groups in total. The Morgan fingerprint density at radius 1 is 0.971 bits per heavy atom. The van der Waals surface area contributed by atoms with Crippen LogP contribution >= 0.6 is 0 Å². The van der Waals surface area contributed by atoms with Crippen molar-refractivity contribution in [1.82, 2.24) is 24.3 Å². The molecule has 2 saturated heterocycles. The maximum absolute atomic E-state index is 13.4. The average molecular weight is 474 g/mol. The summed E-state index contributed by atoms with van der Waals surface area (Å²) in [5.74, 6) is -0.209. The number of carbonyl (C=O) groups is 2. The van der Waals surface area contributed by atoms with E-state index in [1.165, 1.54) is 0 Å². The van der Waals surface area contributed by atoms with E-state index in [2.05, 4.69) is 10.2 Å². The van der Waals surface area contributed by atoms with Crippen molar-refractivity contribution in [3.8, 4) is 0 Å². The highest BCUT2D eigenvalue weighted by molar-refractivity contribution is 5.93. The van der Waals surface area contributed by atoms with E-state index < -0.39 is 17.8 Å². The number of hydrogen-bond acceptors (Lipinski definition) is 6. The normalized spacial score (nSPS) is 19.2. The number of aromatic nitrogens is 2. The summed E-state index contributed by atoms with van der Waals surface area (Å²) in [6.07, 6.45) is 0.719. The molecule has 0 spiro atoms. The number of morpholine rings is 2. The zero-order chi connectivity index (χ0) is 24.1. The third-order valence-corrected chi connectivity index (χ3v) is 6.86. The minimum Gasteiger partial charge on any atom is -0.379 e. The second kappa shape index (κ2) is 11.2. The number of hydrogen-bond donors (Lipinski definition) is 1. The van der Waals surface area contributed by atoms with E-state index in [1.54, 1.807) is 15.5 Å². The number of carbonyl (C=O) groups excluding carboxylic acids is 2. The fraction of sp³-hybridized carbons (Fsp3) is 0.625. The van der Waals surface area contributed by atoms with Crippen molar-refractivity contribution in [2.45, 2.75) is 32.9 Å². The second-order valence-electron chi connectivity index (χ2n) is 8.96. The molecule has 10 nitrogen and oxygen atoms in total. The second-order valence-corrected chi connectivity index (χ2v) is 8.96. The highest BCUT2D eigenvalue weighted by Gasteiger charge is 2.32. The summed E-state index contributed by atoms with van der Waals surface area (Å²) in [6.45, 7) is 10.1. The van der Waals surface area contributed by atoms with E-state index >= 15 is 0 Å². The molecule has 1 aromatic carbocycles. The van der Waals surface area contributed by atoms with Gasteiger partial charge in [0.05, 0.1) is 37.5 Å². The minimum atomic E-state index is -0.710. The van der Waals surface area contributed by atoms with Gasteiger partial charge in [-0.3, -0.25) is 14.3 Å². The van der Waals surface area contributed by atoms with Crippen LogP contribution in [-0.2, 0) is 20.8 Å². The Kier molecular flexibility index (Phi) is 8.02. The maximum atomic E-state index is 13.4. The molecule has 0 aliphatic carbocycles. The topological polar surface area (TPSA) is 98.0 Å². The lowest BCUT2D eigenvalue weighted by Gasteiger charge is -2.32. The average Bonchev–Trinajstić information content (AvgIpc) is 3.17. The number of nitrogens with one attached hydrogen (secondary N) is 1. The number of fused-ring (bicyclic) bond motifs is 1. The van der Waals surface area contributed by atoms with Gasteiger partial charge in [-0.05, 0) is 18.1 Å². The molecule has 4 rings (SSSR count). The van der Waals surface area contributed by atoms with E-state index in [4.69, 9.17) is 9.47 Å². The lowest BCUT2D eigenvalue weighted by Crippen LogP contribution is -2.55. The van der Waals surface area contributed by atoms with Crippen LogP contribution in [0.3, 0.4) is 0 Å². The predicted octanol–water partition coefficient (Wildman–Crippen LogP) is 0.966. The highest BCUT2D eigenvalue weighted by Crippen LogP contribution is 2.16. The van der Waals surface area contributed by atoms with Gasteiger partial charge in [0.2, 0.25) is 5.91 Å². The van der Waals surface area contributed by atoms with Crippen LogP contribution in [0.25, 0.3) is 11.0 Å². The number of amides is 2. The van der Waals surface area contributed by atoms with Gasteiger partial charge in [0.25, 0.3) is 0 Å². The molecule has 0 bridgehead atoms. The van der Waals surface area contributed by atoms with Crippen molar-refractivity contribution >= 4 is 23.0 Å². The summed E-state index contributed by atoms with van der Waals surface area (Å²) >= 11 is 0. The molecule has 186 valence electrons. The number of ether oxygens (including phenoxy) is 2. The first-order valence-electron chi connectivity index (χ1n) is 12.2. The van der Waals surface area contributed by atoms with Crippen molar-refractivity contribution in [3.05, 3.63) is 34.7 Å². The Hall–Kier alpha value is -2.69. The van der Waals surface area contributed by atoms with Crippen molar-refractivity contribution < 1.29 is 19.1 Å².